The summed E-state index contributed by atoms with van der Waals surface area (Å²) in [5.74, 6) is 0.855. The Morgan fingerprint density at radius 1 is 1.09 bits per heavy atom. The number of hydrogen-bond donors (Lipinski definition) is 2. The van der Waals surface area contributed by atoms with Gasteiger partial charge in [-0.1, -0.05) is 46.9 Å². The topological polar surface area (TPSA) is 58.1 Å². The number of ether oxygens (including phenoxy) is 1. The Morgan fingerprint density at radius 2 is 1.82 bits per heavy atom. The summed E-state index contributed by atoms with van der Waals surface area (Å²) in [7, 11) is 0. The molecule has 1 aromatic heterocycles. The molecule has 3 rings (SSSR count). The molecule has 0 amide bonds. The average Bonchev–Trinajstić information content (AvgIpc) is 2.94. The van der Waals surface area contributed by atoms with Crippen LogP contribution in [0.5, 0.6) is 5.75 Å². The second kappa shape index (κ2) is 6.34. The summed E-state index contributed by atoms with van der Waals surface area (Å²) in [4.78, 5) is 7.13. The molecule has 22 heavy (non-hydrogen) atoms. The van der Waals surface area contributed by atoms with Crippen LogP contribution < -0.4 is 4.74 Å². The Hall–Kier alpha value is -1.46. The monoisotopic (exact) mass is 356 g/mol. The molecule has 0 radical (unpaired) electrons. The van der Waals surface area contributed by atoms with Crippen LogP contribution in [0.4, 0.5) is 0 Å². The van der Waals surface area contributed by atoms with Gasteiger partial charge in [0.15, 0.2) is 0 Å². The van der Waals surface area contributed by atoms with E-state index in [1.807, 2.05) is 12.1 Å². The molecule has 7 heteroatoms. The molecule has 0 aliphatic heterocycles. The van der Waals surface area contributed by atoms with Gasteiger partial charge in [-0.3, -0.25) is 0 Å². The zero-order chi connectivity index (χ0) is 15.7. The van der Waals surface area contributed by atoms with Gasteiger partial charge in [-0.05, 0) is 17.7 Å². The number of aromatic amines is 1. The number of aliphatic hydroxyl groups excluding tert-OH is 1. The smallest absolute Gasteiger partial charge is 0.142 e. The van der Waals surface area contributed by atoms with Crippen molar-refractivity contribution in [2.24, 2.45) is 0 Å². The highest BCUT2D eigenvalue weighted by molar-refractivity contribution is 6.45. The van der Waals surface area contributed by atoms with Crippen LogP contribution in [0.25, 0.3) is 11.0 Å². The average molecular weight is 358 g/mol. The highest BCUT2D eigenvalue weighted by Gasteiger charge is 2.15. The Kier molecular flexibility index (Phi) is 4.45. The minimum atomic E-state index is -0.205. The molecule has 2 N–H and O–H groups in total. The number of nitrogens with zero attached hydrogens (tertiary/aromatic N) is 1. The minimum Gasteiger partial charge on any atom is -0.487 e. The highest BCUT2D eigenvalue weighted by atomic mass is 35.5. The van der Waals surface area contributed by atoms with Crippen LogP contribution in [-0.4, -0.2) is 15.1 Å². The predicted molar refractivity (Wildman–Crippen MR) is 87.8 cm³/mol. The largest absolute Gasteiger partial charge is 0.487 e. The summed E-state index contributed by atoms with van der Waals surface area (Å²) < 4.78 is 5.72. The van der Waals surface area contributed by atoms with Crippen molar-refractivity contribution < 1.29 is 9.84 Å². The van der Waals surface area contributed by atoms with Gasteiger partial charge in [-0.2, -0.15) is 0 Å². The van der Waals surface area contributed by atoms with E-state index in [1.54, 1.807) is 18.2 Å². The van der Waals surface area contributed by atoms with Crippen LogP contribution in [0.2, 0.25) is 15.1 Å². The first-order valence-corrected chi connectivity index (χ1v) is 7.56. The van der Waals surface area contributed by atoms with E-state index in [9.17, 15) is 0 Å². The molecule has 114 valence electrons. The molecule has 0 saturated heterocycles. The van der Waals surface area contributed by atoms with Crippen molar-refractivity contribution in [1.29, 1.82) is 0 Å². The van der Waals surface area contributed by atoms with Gasteiger partial charge in [0, 0.05) is 11.1 Å². The number of halogens is 3. The van der Waals surface area contributed by atoms with E-state index in [1.165, 1.54) is 0 Å². The maximum Gasteiger partial charge on any atom is 0.142 e. The number of rotatable bonds is 4. The lowest BCUT2D eigenvalue weighted by molar-refractivity contribution is 0.273. The SMILES string of the molecule is OCc1nc2cc(OCc3ccc(Cl)cc3)c(Cl)c(Cl)c2[nH]1. The molecule has 0 spiro atoms. The quantitative estimate of drug-likeness (QED) is 0.718. The van der Waals surface area contributed by atoms with Gasteiger partial charge in [0.25, 0.3) is 0 Å². The second-order valence-corrected chi connectivity index (χ2v) is 5.85. The van der Waals surface area contributed by atoms with Gasteiger partial charge in [-0.25, -0.2) is 4.98 Å². The first kappa shape index (κ1) is 15.4. The lowest BCUT2D eigenvalue weighted by Crippen LogP contribution is -1.96. The molecule has 2 aromatic carbocycles. The Bertz CT molecular complexity index is 816. The number of aliphatic hydroxyl groups is 1. The first-order chi connectivity index (χ1) is 10.6. The number of imidazole rings is 1. The molecular weight excluding hydrogens is 347 g/mol. The maximum absolute atomic E-state index is 9.13. The standard InChI is InChI=1S/C15H11Cl3N2O2/c16-9-3-1-8(2-4-9)7-22-11-5-10-15(14(18)13(11)17)20-12(6-21)19-10/h1-5,21H,6-7H2,(H,19,20). The lowest BCUT2D eigenvalue weighted by atomic mass is 10.2. The Balaban J connectivity index is 1.89. The van der Waals surface area contributed by atoms with Crippen LogP contribution in [0.3, 0.4) is 0 Å². The number of aromatic nitrogens is 2. The molecule has 0 saturated carbocycles. The third-order valence-electron chi connectivity index (χ3n) is 3.13. The van der Waals surface area contributed by atoms with E-state index in [2.05, 4.69) is 9.97 Å². The van der Waals surface area contributed by atoms with Crippen LogP contribution in [0.15, 0.2) is 30.3 Å². The molecule has 4 nitrogen and oxygen atoms in total. The van der Waals surface area contributed by atoms with Gasteiger partial charge in [-0.15, -0.1) is 0 Å². The van der Waals surface area contributed by atoms with Crippen molar-refractivity contribution in [3.8, 4) is 5.75 Å². The fourth-order valence-electron chi connectivity index (χ4n) is 2.04. The van der Waals surface area contributed by atoms with E-state index < -0.39 is 0 Å². The number of hydrogen-bond acceptors (Lipinski definition) is 3. The van der Waals surface area contributed by atoms with E-state index in [0.717, 1.165) is 5.56 Å². The number of nitrogens with one attached hydrogen (secondary N) is 1. The molecule has 0 bridgehead atoms. The van der Waals surface area contributed by atoms with Gasteiger partial charge >= 0.3 is 0 Å². The van der Waals surface area contributed by atoms with Crippen LogP contribution >= 0.6 is 34.8 Å². The molecule has 0 unspecified atom stereocenters. The van der Waals surface area contributed by atoms with Crippen LogP contribution in [0.1, 0.15) is 11.4 Å². The van der Waals surface area contributed by atoms with Crippen LogP contribution in [-0.2, 0) is 13.2 Å². The van der Waals surface area contributed by atoms with Gasteiger partial charge in [0.05, 0.1) is 16.1 Å². The maximum atomic E-state index is 9.13. The van der Waals surface area contributed by atoms with E-state index in [4.69, 9.17) is 44.6 Å². The fourth-order valence-corrected chi connectivity index (χ4v) is 2.60. The van der Waals surface area contributed by atoms with E-state index in [-0.39, 0.29) is 6.61 Å². The Labute approximate surface area is 141 Å². The molecule has 0 atom stereocenters. The predicted octanol–water partition coefficient (Wildman–Crippen LogP) is 4.59. The summed E-state index contributed by atoms with van der Waals surface area (Å²) in [5.41, 5.74) is 2.12. The number of benzene rings is 2. The first-order valence-electron chi connectivity index (χ1n) is 6.43. The highest BCUT2D eigenvalue weighted by Crippen LogP contribution is 2.38. The van der Waals surface area contributed by atoms with Crippen molar-refractivity contribution in [1.82, 2.24) is 9.97 Å². The van der Waals surface area contributed by atoms with Crippen molar-refractivity contribution in [3.05, 3.63) is 56.8 Å². The summed E-state index contributed by atoms with van der Waals surface area (Å²) in [6, 6.07) is 9.01. The lowest BCUT2D eigenvalue weighted by Gasteiger charge is -2.09. The van der Waals surface area contributed by atoms with Crippen LogP contribution in [0, 0.1) is 0 Å². The van der Waals surface area contributed by atoms with Crippen molar-refractivity contribution in [3.63, 3.8) is 0 Å². The van der Waals surface area contributed by atoms with E-state index >= 15 is 0 Å². The number of fused-ring (bicyclic) bond motifs is 1. The van der Waals surface area contributed by atoms with Gasteiger partial charge in [0.1, 0.15) is 29.8 Å². The Morgan fingerprint density at radius 3 is 2.50 bits per heavy atom. The molecule has 0 fully saturated rings. The van der Waals surface area contributed by atoms with Gasteiger partial charge < -0.3 is 14.8 Å². The summed E-state index contributed by atoms with van der Waals surface area (Å²) in [5, 5.41) is 10.4. The third-order valence-corrected chi connectivity index (χ3v) is 4.24. The summed E-state index contributed by atoms with van der Waals surface area (Å²) in [6.45, 7) is 0.125. The molecular formula is C15H11Cl3N2O2. The normalized spacial score (nSPS) is 11.1. The fraction of sp³-hybridized carbons (Fsp3) is 0.133. The molecule has 0 aliphatic rings. The number of H-pyrrole nitrogens is 1. The summed E-state index contributed by atoms with van der Waals surface area (Å²) >= 11 is 18.3. The van der Waals surface area contributed by atoms with Crippen molar-refractivity contribution in [2.75, 3.05) is 0 Å². The second-order valence-electron chi connectivity index (χ2n) is 4.65. The molecule has 0 aliphatic carbocycles. The minimum absolute atomic E-state index is 0.205. The summed E-state index contributed by atoms with van der Waals surface area (Å²) in [6.07, 6.45) is 0. The van der Waals surface area contributed by atoms with Crippen molar-refractivity contribution in [2.45, 2.75) is 13.2 Å². The third kappa shape index (κ3) is 3.01. The zero-order valence-corrected chi connectivity index (χ0v) is 13.5. The van der Waals surface area contributed by atoms with Crippen molar-refractivity contribution >= 4 is 45.8 Å². The van der Waals surface area contributed by atoms with Gasteiger partial charge in [0.2, 0.25) is 0 Å². The van der Waals surface area contributed by atoms with E-state index in [0.29, 0.717) is 44.3 Å². The zero-order valence-electron chi connectivity index (χ0n) is 11.2. The molecule has 1 heterocycles. The molecule has 3 aromatic rings.